The molecule has 58 heavy (non-hydrogen) atoms. The fraction of sp³-hybridized carbons (Fsp3) is 0.903. The van der Waals surface area contributed by atoms with Crippen molar-refractivity contribution in [1.82, 2.24) is 16.0 Å². The zero-order valence-electron chi connectivity index (χ0n) is 31.7. The second-order valence-electron chi connectivity index (χ2n) is 14.3. The number of rotatable bonds is 15. The van der Waals surface area contributed by atoms with E-state index in [9.17, 15) is 68.2 Å². The normalized spacial score (nSPS) is 43.6. The Morgan fingerprint density at radius 3 is 1.38 bits per heavy atom. The van der Waals surface area contributed by atoms with Crippen LogP contribution in [0.4, 0.5) is 0 Å². The minimum atomic E-state index is -5.04. The lowest BCUT2D eigenvalue weighted by molar-refractivity contribution is -0.358. The van der Waals surface area contributed by atoms with E-state index < -0.39 is 177 Å². The van der Waals surface area contributed by atoms with E-state index >= 15 is 0 Å². The highest BCUT2D eigenvalue weighted by atomic mass is 32.3. The summed E-state index contributed by atoms with van der Waals surface area (Å²) in [6.07, 6.45) is -26.0. The molecule has 4 rings (SSSR count). The molecule has 0 aromatic rings. The molecule has 4 saturated heterocycles. The first-order valence-corrected chi connectivity index (χ1v) is 19.5. The average Bonchev–Trinajstić information content (AvgIpc) is 3.14. The predicted molar refractivity (Wildman–Crippen MR) is 185 cm³/mol. The van der Waals surface area contributed by atoms with Gasteiger partial charge in [0, 0.05) is 20.8 Å². The number of nitrogens with one attached hydrogen (secondary N) is 3. The average molecular weight is 867 g/mol. The van der Waals surface area contributed by atoms with E-state index in [0.717, 1.165) is 20.8 Å². The quantitative estimate of drug-likeness (QED) is 0.0680. The molecular formula is C31H54N4O22S. The Morgan fingerprint density at radius 1 is 0.586 bits per heavy atom. The summed E-state index contributed by atoms with van der Waals surface area (Å²) in [6, 6.07) is -5.87. The number of amides is 3. The number of aliphatic hydroxyl groups excluding tert-OH is 8. The Kier molecular flexibility index (Phi) is 17.0. The van der Waals surface area contributed by atoms with Crippen molar-refractivity contribution >= 4 is 28.1 Å². The highest BCUT2D eigenvalue weighted by Gasteiger charge is 2.56. The van der Waals surface area contributed by atoms with Crippen molar-refractivity contribution in [1.29, 1.82) is 0 Å². The highest BCUT2D eigenvalue weighted by molar-refractivity contribution is 7.80. The van der Waals surface area contributed by atoms with E-state index in [1.54, 1.807) is 0 Å². The van der Waals surface area contributed by atoms with E-state index in [4.69, 9.17) is 38.9 Å². The number of carbonyl (C=O) groups is 3. The molecule has 4 heterocycles. The molecule has 0 aromatic carbocycles. The fourth-order valence-electron chi connectivity index (χ4n) is 7.20. The summed E-state index contributed by atoms with van der Waals surface area (Å²) >= 11 is 0. The lowest BCUT2D eigenvalue weighted by Crippen LogP contribution is -2.71. The van der Waals surface area contributed by atoms with Crippen LogP contribution >= 0.6 is 0 Å². The third-order valence-electron chi connectivity index (χ3n) is 9.97. The summed E-state index contributed by atoms with van der Waals surface area (Å²) < 4.78 is 77.4. The maximum Gasteiger partial charge on any atom is 0.397 e. The predicted octanol–water partition coefficient (Wildman–Crippen LogP) is -8.45. The summed E-state index contributed by atoms with van der Waals surface area (Å²) in [4.78, 5) is 36.7. The van der Waals surface area contributed by atoms with Gasteiger partial charge in [-0.25, -0.2) is 4.18 Å². The van der Waals surface area contributed by atoms with Crippen molar-refractivity contribution < 1.29 is 106 Å². The third kappa shape index (κ3) is 11.5. The minimum absolute atomic E-state index is 0.597. The highest BCUT2D eigenvalue weighted by Crippen LogP contribution is 2.34. The van der Waals surface area contributed by atoms with E-state index in [1.165, 1.54) is 6.92 Å². The molecule has 0 spiro atoms. The van der Waals surface area contributed by atoms with Crippen LogP contribution in [0.15, 0.2) is 0 Å². The number of carbonyl (C=O) groups excluding carboxylic acids is 3. The summed E-state index contributed by atoms with van der Waals surface area (Å²) in [5.41, 5.74) is 5.98. The second kappa shape index (κ2) is 20.5. The van der Waals surface area contributed by atoms with E-state index in [0.29, 0.717) is 0 Å². The first-order chi connectivity index (χ1) is 27.1. The molecule has 4 aliphatic rings. The van der Waals surface area contributed by atoms with Gasteiger partial charge in [0.25, 0.3) is 0 Å². The SMILES string of the molecule is CC(=O)N[C@H]1[C@H](O[C@H]2C(O)[C@@H](NC(C)=O)[C@H](C)O[C@@H]2COS(=O)(=O)O)O[C@H](CO)[C@@H](O[C@@H]2O[C@H](CO)[C@@H](O[C@@H]3O[C@H](CO)[C@@H](O)[C@H](O)C3N)C(O)[C@H]2NC(C)=O)[C@@H]1O. The molecule has 4 aliphatic heterocycles. The van der Waals surface area contributed by atoms with Crippen LogP contribution in [-0.2, 0) is 62.1 Å². The van der Waals surface area contributed by atoms with Gasteiger partial charge in [-0.3, -0.25) is 18.9 Å². The van der Waals surface area contributed by atoms with Crippen molar-refractivity contribution in [3.63, 3.8) is 0 Å². The summed E-state index contributed by atoms with van der Waals surface area (Å²) in [5.74, 6) is -2.12. The van der Waals surface area contributed by atoms with Gasteiger partial charge in [-0.15, -0.1) is 0 Å². The molecule has 0 saturated carbocycles. The zero-order valence-corrected chi connectivity index (χ0v) is 32.5. The van der Waals surface area contributed by atoms with Gasteiger partial charge in [0.15, 0.2) is 18.9 Å². The molecule has 4 fully saturated rings. The minimum Gasteiger partial charge on any atom is -0.394 e. The second-order valence-corrected chi connectivity index (χ2v) is 15.4. The Hall–Kier alpha value is -2.36. The molecule has 0 radical (unpaired) electrons. The van der Waals surface area contributed by atoms with Crippen LogP contribution < -0.4 is 21.7 Å². The monoisotopic (exact) mass is 866 g/mol. The van der Waals surface area contributed by atoms with Crippen LogP contribution in [0.5, 0.6) is 0 Å². The van der Waals surface area contributed by atoms with Gasteiger partial charge in [0.2, 0.25) is 17.7 Å². The molecule has 3 amide bonds. The number of hydrogen-bond acceptors (Lipinski definition) is 22. The van der Waals surface area contributed by atoms with E-state index in [1.807, 2.05) is 0 Å². The van der Waals surface area contributed by atoms with Crippen molar-refractivity contribution in [3.8, 4) is 0 Å². The van der Waals surface area contributed by atoms with Crippen LogP contribution in [0.2, 0.25) is 0 Å². The molecule has 336 valence electrons. The van der Waals surface area contributed by atoms with Crippen molar-refractivity contribution in [3.05, 3.63) is 0 Å². The smallest absolute Gasteiger partial charge is 0.394 e. The zero-order chi connectivity index (χ0) is 43.4. The van der Waals surface area contributed by atoms with Gasteiger partial charge in [0.05, 0.1) is 44.6 Å². The largest absolute Gasteiger partial charge is 0.397 e. The molecule has 0 aromatic heterocycles. The maximum absolute atomic E-state index is 12.4. The molecule has 27 heteroatoms. The van der Waals surface area contributed by atoms with Crippen LogP contribution in [0.1, 0.15) is 27.7 Å². The van der Waals surface area contributed by atoms with Gasteiger partial charge in [-0.05, 0) is 6.92 Å². The standard InChI is InChI=1S/C31H54N4O22S/c1-9-18(33-10(2)39)23(44)28(16(51-9)8-50-58(47,48)49)57-31-20(35-12(4)41)25(46)27(15(7-38)54-31)56-30-19(34-11(3)40)24(45)26(14(6-37)53-30)55-29-17(32)22(43)21(42)13(5-36)52-29/h9,13-31,36-38,42-46H,5-8,32H2,1-4H3,(H,33,39)(H,34,40)(H,35,41)(H,47,48,49)/t9-,13+,14+,15+,16+,17?,18-,19+,20+,21+,22+,23?,24?,25+,26+,27+,28+,29-,30-,31-/m0/s1. The summed E-state index contributed by atoms with van der Waals surface area (Å²) in [7, 11) is -5.04. The van der Waals surface area contributed by atoms with Gasteiger partial charge < -0.3 is 95.7 Å². The Bertz CT molecular complexity index is 1500. The first-order valence-electron chi connectivity index (χ1n) is 18.1. The topological polar surface area (TPSA) is 403 Å². The molecule has 3 unspecified atom stereocenters. The lowest BCUT2D eigenvalue weighted by atomic mass is 9.92. The number of nitrogens with two attached hydrogens (primary N) is 1. The van der Waals surface area contributed by atoms with E-state index in [2.05, 4.69) is 20.1 Å². The third-order valence-corrected chi connectivity index (χ3v) is 10.4. The number of ether oxygens (including phenoxy) is 7. The molecule has 26 nitrogen and oxygen atoms in total. The van der Waals surface area contributed by atoms with Crippen LogP contribution in [-0.4, -0.2) is 220 Å². The summed E-state index contributed by atoms with van der Waals surface area (Å²) in [5, 5.41) is 92.8. The van der Waals surface area contributed by atoms with Gasteiger partial charge >= 0.3 is 10.4 Å². The van der Waals surface area contributed by atoms with Crippen molar-refractivity contribution in [2.75, 3.05) is 26.4 Å². The van der Waals surface area contributed by atoms with Crippen molar-refractivity contribution in [2.24, 2.45) is 5.73 Å². The van der Waals surface area contributed by atoms with Crippen molar-refractivity contribution in [2.45, 2.75) is 150 Å². The number of aliphatic hydroxyl groups is 8. The van der Waals surface area contributed by atoms with Crippen LogP contribution in [0.3, 0.4) is 0 Å². The molecule has 20 atom stereocenters. The molecule has 0 aliphatic carbocycles. The van der Waals surface area contributed by atoms with Gasteiger partial charge in [-0.2, -0.15) is 8.42 Å². The number of hydrogen-bond donors (Lipinski definition) is 13. The Balaban J connectivity index is 1.62. The van der Waals surface area contributed by atoms with Crippen LogP contribution in [0.25, 0.3) is 0 Å². The summed E-state index contributed by atoms with van der Waals surface area (Å²) in [6.45, 7) is 1.16. The molecule has 14 N–H and O–H groups in total. The molecule has 0 bridgehead atoms. The first kappa shape index (κ1) is 48.3. The Labute approximate surface area is 331 Å². The molecular weight excluding hydrogens is 812 g/mol. The maximum atomic E-state index is 12.4. The lowest BCUT2D eigenvalue weighted by Gasteiger charge is -2.51. The Morgan fingerprint density at radius 2 is 0.966 bits per heavy atom. The van der Waals surface area contributed by atoms with E-state index in [-0.39, 0.29) is 0 Å². The fourth-order valence-corrected chi connectivity index (χ4v) is 7.51. The van der Waals surface area contributed by atoms with Crippen LogP contribution in [0, 0.1) is 0 Å². The van der Waals surface area contributed by atoms with Gasteiger partial charge in [0.1, 0.15) is 85.3 Å². The van der Waals surface area contributed by atoms with Gasteiger partial charge in [-0.1, -0.05) is 0 Å².